The normalized spacial score (nSPS) is 11.2. The molecule has 0 spiro atoms. The second-order valence-electron chi connectivity index (χ2n) is 7.26. The lowest BCUT2D eigenvalue weighted by Gasteiger charge is -2.13. The van der Waals surface area contributed by atoms with Gasteiger partial charge in [0.1, 0.15) is 0 Å². The van der Waals surface area contributed by atoms with E-state index in [0.717, 1.165) is 11.0 Å². The summed E-state index contributed by atoms with van der Waals surface area (Å²) >= 11 is 12.8. The minimum Gasteiger partial charge on any atom is -0.355 e. The number of rotatable bonds is 6. The number of aryl methyl sites for hydroxylation is 1. The smallest absolute Gasteiger partial charge is 0.332 e. The molecule has 0 radical (unpaired) electrons. The maximum atomic E-state index is 13.0. The van der Waals surface area contributed by atoms with E-state index in [0.29, 0.717) is 39.3 Å². The maximum Gasteiger partial charge on any atom is 0.332 e. The Hall–Kier alpha value is -3.03. The zero-order chi connectivity index (χ0) is 22.1. The summed E-state index contributed by atoms with van der Waals surface area (Å²) in [5, 5.41) is 4.29. The highest BCUT2D eigenvalue weighted by Crippen LogP contribution is 2.27. The minimum absolute atomic E-state index is 0.232. The summed E-state index contributed by atoms with van der Waals surface area (Å²) in [6.45, 7) is 0.827. The number of benzene rings is 2. The molecule has 0 aliphatic carbocycles. The van der Waals surface area contributed by atoms with Crippen molar-refractivity contribution in [1.29, 1.82) is 0 Å². The third kappa shape index (κ3) is 3.98. The van der Waals surface area contributed by atoms with Crippen molar-refractivity contribution in [2.45, 2.75) is 13.0 Å². The lowest BCUT2D eigenvalue weighted by atomic mass is 10.1. The fourth-order valence-electron chi connectivity index (χ4n) is 3.54. The predicted molar refractivity (Wildman–Crippen MR) is 124 cm³/mol. The van der Waals surface area contributed by atoms with Crippen molar-refractivity contribution >= 4 is 40.3 Å². The molecule has 0 bridgehead atoms. The summed E-state index contributed by atoms with van der Waals surface area (Å²) in [6.07, 6.45) is 0.772. The van der Waals surface area contributed by atoms with Crippen LogP contribution in [-0.4, -0.2) is 25.2 Å². The van der Waals surface area contributed by atoms with Crippen LogP contribution in [0, 0.1) is 0 Å². The fourth-order valence-corrected chi connectivity index (χ4v) is 4.06. The largest absolute Gasteiger partial charge is 0.355 e. The van der Waals surface area contributed by atoms with Crippen LogP contribution in [0.5, 0.6) is 0 Å². The quantitative estimate of drug-likeness (QED) is 0.481. The Balaban J connectivity index is 1.81. The molecule has 0 unspecified atom stereocenters. The fraction of sp³-hybridized carbons (Fsp3) is 0.227. The third-order valence-electron chi connectivity index (χ3n) is 5.27. The van der Waals surface area contributed by atoms with Gasteiger partial charge in [-0.05, 0) is 24.1 Å². The van der Waals surface area contributed by atoms with Gasteiger partial charge in [-0.3, -0.25) is 18.5 Å². The summed E-state index contributed by atoms with van der Waals surface area (Å²) in [5.41, 5.74) is 1.60. The molecule has 4 rings (SSSR count). The molecule has 0 amide bonds. The highest BCUT2D eigenvalue weighted by molar-refractivity contribution is 6.36. The van der Waals surface area contributed by atoms with E-state index in [2.05, 4.69) is 10.3 Å². The average Bonchev–Trinajstić information content (AvgIpc) is 3.12. The molecule has 0 aliphatic heterocycles. The molecule has 160 valence electrons. The summed E-state index contributed by atoms with van der Waals surface area (Å²) in [5.74, 6) is 0.472. The molecule has 0 saturated carbocycles. The molecule has 9 heteroatoms. The van der Waals surface area contributed by atoms with Crippen LogP contribution >= 0.6 is 23.2 Å². The van der Waals surface area contributed by atoms with Crippen LogP contribution in [0.25, 0.3) is 11.2 Å². The summed E-state index contributed by atoms with van der Waals surface area (Å²) in [6, 6.07) is 15.3. The first kappa shape index (κ1) is 21.2. The lowest BCUT2D eigenvalue weighted by Crippen LogP contribution is -2.37. The van der Waals surface area contributed by atoms with Crippen LogP contribution in [0.3, 0.4) is 0 Å². The van der Waals surface area contributed by atoms with Crippen LogP contribution in [0.15, 0.2) is 58.1 Å². The lowest BCUT2D eigenvalue weighted by molar-refractivity contribution is 0.702. The van der Waals surface area contributed by atoms with E-state index in [1.165, 1.54) is 17.2 Å². The van der Waals surface area contributed by atoms with Gasteiger partial charge in [0, 0.05) is 36.2 Å². The zero-order valence-corrected chi connectivity index (χ0v) is 18.6. The van der Waals surface area contributed by atoms with Crippen molar-refractivity contribution in [3.8, 4) is 0 Å². The molecule has 0 aliphatic rings. The number of halogens is 2. The van der Waals surface area contributed by atoms with Crippen LogP contribution < -0.4 is 16.6 Å². The summed E-state index contributed by atoms with van der Waals surface area (Å²) in [4.78, 5) is 30.0. The number of nitrogens with one attached hydrogen (secondary N) is 1. The molecule has 1 N–H and O–H groups in total. The van der Waals surface area contributed by atoms with Gasteiger partial charge in [-0.25, -0.2) is 4.79 Å². The molecule has 31 heavy (non-hydrogen) atoms. The second-order valence-corrected chi connectivity index (χ2v) is 8.08. The van der Waals surface area contributed by atoms with E-state index in [4.69, 9.17) is 23.2 Å². The number of nitrogens with zero attached hydrogens (tertiary/aromatic N) is 4. The van der Waals surface area contributed by atoms with Gasteiger partial charge in [0.2, 0.25) is 5.95 Å². The number of hydrogen-bond acceptors (Lipinski definition) is 4. The first-order valence-corrected chi connectivity index (χ1v) is 10.5. The van der Waals surface area contributed by atoms with Crippen LogP contribution in [-0.2, 0) is 27.1 Å². The van der Waals surface area contributed by atoms with Crippen molar-refractivity contribution in [1.82, 2.24) is 18.7 Å². The first-order valence-electron chi connectivity index (χ1n) is 9.75. The molecule has 0 atom stereocenters. The molecule has 2 aromatic carbocycles. The Kier molecular flexibility index (Phi) is 5.89. The van der Waals surface area contributed by atoms with Crippen molar-refractivity contribution in [3.63, 3.8) is 0 Å². The average molecular weight is 458 g/mol. The van der Waals surface area contributed by atoms with Gasteiger partial charge < -0.3 is 5.32 Å². The predicted octanol–water partition coefficient (Wildman–Crippen LogP) is 3.44. The van der Waals surface area contributed by atoms with Crippen molar-refractivity contribution in [2.24, 2.45) is 14.1 Å². The van der Waals surface area contributed by atoms with Crippen molar-refractivity contribution in [3.05, 3.63) is 90.5 Å². The van der Waals surface area contributed by atoms with E-state index in [1.54, 1.807) is 29.8 Å². The molecular weight excluding hydrogens is 437 g/mol. The van der Waals surface area contributed by atoms with Gasteiger partial charge in [0.15, 0.2) is 11.2 Å². The summed E-state index contributed by atoms with van der Waals surface area (Å²) in [7, 11) is 3.05. The molecule has 7 nitrogen and oxygen atoms in total. The third-order valence-corrected chi connectivity index (χ3v) is 5.97. The maximum absolute atomic E-state index is 13.0. The van der Waals surface area contributed by atoms with Gasteiger partial charge in [0.05, 0.1) is 6.54 Å². The first-order chi connectivity index (χ1) is 14.9. The van der Waals surface area contributed by atoms with Gasteiger partial charge in [-0.1, -0.05) is 59.6 Å². The highest BCUT2D eigenvalue weighted by Gasteiger charge is 2.20. The topological polar surface area (TPSA) is 73.8 Å². The van der Waals surface area contributed by atoms with Crippen LogP contribution in [0.1, 0.15) is 11.1 Å². The Morgan fingerprint density at radius 2 is 1.61 bits per heavy atom. The number of hydrogen-bond donors (Lipinski definition) is 1. The highest BCUT2D eigenvalue weighted by atomic mass is 35.5. The van der Waals surface area contributed by atoms with Gasteiger partial charge in [-0.15, -0.1) is 0 Å². The second kappa shape index (κ2) is 8.61. The Morgan fingerprint density at radius 3 is 2.29 bits per heavy atom. The molecule has 2 heterocycles. The number of aromatic nitrogens is 4. The Labute approximate surface area is 188 Å². The SMILES string of the molecule is Cn1c(=O)c2c(nc(NCCc3ccccc3)n2Cc2c(Cl)cccc2Cl)n(C)c1=O. The minimum atomic E-state index is -0.436. The van der Waals surface area contributed by atoms with E-state index in [1.807, 2.05) is 30.3 Å². The van der Waals surface area contributed by atoms with E-state index in [9.17, 15) is 9.59 Å². The van der Waals surface area contributed by atoms with Crippen molar-refractivity contribution < 1.29 is 0 Å². The molecular formula is C22H21Cl2N5O2. The van der Waals surface area contributed by atoms with Gasteiger partial charge in [0.25, 0.3) is 5.56 Å². The zero-order valence-electron chi connectivity index (χ0n) is 17.1. The summed E-state index contributed by atoms with van der Waals surface area (Å²) < 4.78 is 4.17. The Bertz CT molecular complexity index is 1350. The molecule has 0 saturated heterocycles. The number of anilines is 1. The van der Waals surface area contributed by atoms with E-state index in [-0.39, 0.29) is 6.54 Å². The Morgan fingerprint density at radius 1 is 0.935 bits per heavy atom. The van der Waals surface area contributed by atoms with Gasteiger partial charge >= 0.3 is 5.69 Å². The molecule has 4 aromatic rings. The molecule has 2 aromatic heterocycles. The number of fused-ring (bicyclic) bond motifs is 1. The monoisotopic (exact) mass is 457 g/mol. The van der Waals surface area contributed by atoms with Crippen molar-refractivity contribution in [2.75, 3.05) is 11.9 Å². The standard InChI is InChI=1S/C22H21Cl2N5O2/c1-27-19-18(20(30)28(2)22(27)31)29(13-15-16(23)9-6-10-17(15)24)21(26-19)25-12-11-14-7-4-3-5-8-14/h3-10H,11-13H2,1-2H3,(H,25,26). The van der Waals surface area contributed by atoms with Gasteiger partial charge in [-0.2, -0.15) is 4.98 Å². The van der Waals surface area contributed by atoms with E-state index >= 15 is 0 Å². The number of imidazole rings is 1. The van der Waals surface area contributed by atoms with Crippen LogP contribution in [0.4, 0.5) is 5.95 Å². The molecule has 0 fully saturated rings. The van der Waals surface area contributed by atoms with E-state index < -0.39 is 11.2 Å². The van der Waals surface area contributed by atoms with Crippen LogP contribution in [0.2, 0.25) is 10.0 Å².